The zero-order valence-corrected chi connectivity index (χ0v) is 21.4. The Labute approximate surface area is 221 Å². The van der Waals surface area contributed by atoms with E-state index in [0.717, 1.165) is 47.5 Å². The minimum atomic E-state index is -0.344. The van der Waals surface area contributed by atoms with E-state index in [0.29, 0.717) is 28.6 Å². The molecule has 2 aromatic carbocycles. The Balaban J connectivity index is 1.50. The van der Waals surface area contributed by atoms with E-state index in [1.807, 2.05) is 12.1 Å². The van der Waals surface area contributed by atoms with Crippen molar-refractivity contribution in [3.63, 3.8) is 0 Å². The number of amides is 1. The summed E-state index contributed by atoms with van der Waals surface area (Å²) in [6, 6.07) is 21.9. The predicted octanol–water partition coefficient (Wildman–Crippen LogP) is 4.93. The molecule has 7 nitrogen and oxygen atoms in total. The van der Waals surface area contributed by atoms with Crippen LogP contribution in [0.15, 0.2) is 65.5 Å². The van der Waals surface area contributed by atoms with Crippen LogP contribution in [-0.4, -0.2) is 22.0 Å². The molecule has 4 aromatic rings. The minimum absolute atomic E-state index is 0.111. The average Bonchev–Trinajstić information content (AvgIpc) is 3.84. The Morgan fingerprint density at radius 3 is 2.50 bits per heavy atom. The van der Waals surface area contributed by atoms with Gasteiger partial charge in [0.25, 0.3) is 5.56 Å². The van der Waals surface area contributed by atoms with Crippen LogP contribution in [0.3, 0.4) is 0 Å². The zero-order chi connectivity index (χ0) is 26.4. The van der Waals surface area contributed by atoms with Gasteiger partial charge in [-0.15, -0.1) is 0 Å². The molecule has 6 rings (SSSR count). The van der Waals surface area contributed by atoms with Crippen molar-refractivity contribution in [1.29, 1.82) is 5.26 Å². The lowest BCUT2D eigenvalue weighted by atomic mass is 9.94. The maximum absolute atomic E-state index is 13.0. The fourth-order valence-corrected chi connectivity index (χ4v) is 5.20. The molecule has 1 amide bonds. The molecule has 2 N–H and O–H groups in total. The molecule has 38 heavy (non-hydrogen) atoms. The smallest absolute Gasteiger partial charge is 0.252 e. The van der Waals surface area contributed by atoms with E-state index in [1.165, 1.54) is 18.4 Å². The summed E-state index contributed by atoms with van der Waals surface area (Å²) in [5.41, 5.74) is 13.1. The highest BCUT2D eigenvalue weighted by molar-refractivity contribution is 5.92. The van der Waals surface area contributed by atoms with E-state index >= 15 is 0 Å². The van der Waals surface area contributed by atoms with Crippen molar-refractivity contribution in [3.8, 4) is 17.2 Å². The van der Waals surface area contributed by atoms with Crippen LogP contribution < -0.4 is 16.2 Å². The van der Waals surface area contributed by atoms with Gasteiger partial charge in [0, 0.05) is 25.3 Å². The van der Waals surface area contributed by atoms with Gasteiger partial charge in [-0.2, -0.15) is 5.26 Å². The van der Waals surface area contributed by atoms with E-state index in [4.69, 9.17) is 5.73 Å². The first-order chi connectivity index (χ1) is 18.4. The number of anilines is 2. The average molecular weight is 504 g/mol. The second-order valence-electron chi connectivity index (χ2n) is 10.5. The first-order valence-electron chi connectivity index (χ1n) is 13.1. The van der Waals surface area contributed by atoms with Crippen LogP contribution in [0, 0.1) is 17.2 Å². The van der Waals surface area contributed by atoms with Crippen LogP contribution in [0.4, 0.5) is 11.4 Å². The molecule has 0 aliphatic heterocycles. The van der Waals surface area contributed by atoms with Crippen molar-refractivity contribution in [2.24, 2.45) is 18.7 Å². The van der Waals surface area contributed by atoms with Crippen molar-refractivity contribution in [2.45, 2.75) is 38.0 Å². The number of benzene rings is 2. The Bertz CT molecular complexity index is 1660. The molecule has 2 fully saturated rings. The van der Waals surface area contributed by atoms with Crippen LogP contribution in [0.25, 0.3) is 22.2 Å². The third kappa shape index (κ3) is 4.66. The number of rotatable bonds is 8. The number of fused-ring (bicyclic) bond motifs is 1. The summed E-state index contributed by atoms with van der Waals surface area (Å²) in [6.45, 7) is 0.778. The second kappa shape index (κ2) is 9.46. The number of carbonyl (C=O) groups is 1. The van der Waals surface area contributed by atoms with Gasteiger partial charge in [-0.25, -0.2) is 4.98 Å². The monoisotopic (exact) mass is 503 g/mol. The molecule has 2 saturated carbocycles. The first-order valence-corrected chi connectivity index (χ1v) is 13.1. The van der Waals surface area contributed by atoms with Crippen molar-refractivity contribution in [1.82, 2.24) is 9.55 Å². The number of nitrogens with zero attached hydrogens (tertiary/aromatic N) is 4. The normalized spacial score (nSPS) is 14.8. The van der Waals surface area contributed by atoms with Gasteiger partial charge in [-0.3, -0.25) is 9.59 Å². The van der Waals surface area contributed by atoms with Crippen LogP contribution in [0.5, 0.6) is 0 Å². The van der Waals surface area contributed by atoms with Crippen molar-refractivity contribution in [3.05, 3.63) is 87.8 Å². The molecule has 0 bridgehead atoms. The van der Waals surface area contributed by atoms with E-state index < -0.39 is 0 Å². The maximum Gasteiger partial charge on any atom is 0.252 e. The van der Waals surface area contributed by atoms with Crippen molar-refractivity contribution >= 4 is 28.3 Å². The van der Waals surface area contributed by atoms with Gasteiger partial charge in [-0.05, 0) is 84.0 Å². The van der Waals surface area contributed by atoms with Crippen LogP contribution in [-0.2, 0) is 18.3 Å². The largest absolute Gasteiger partial charge is 0.369 e. The molecule has 0 saturated heterocycles. The molecular weight excluding hydrogens is 474 g/mol. The molecule has 190 valence electrons. The topological polar surface area (TPSA) is 105 Å². The van der Waals surface area contributed by atoms with E-state index in [1.54, 1.807) is 29.8 Å². The Kier molecular flexibility index (Phi) is 5.96. The SMILES string of the molecule is Cn1c(=O)cc(N(CC2CC2)c2ccc(C3CC3)c(-c3ccc(CC(N)=O)cc3)c2)c2nc(C#N)ccc21. The number of carbonyl (C=O) groups excluding carboxylic acids is 1. The minimum Gasteiger partial charge on any atom is -0.369 e. The summed E-state index contributed by atoms with van der Waals surface area (Å²) in [7, 11) is 1.73. The molecule has 0 radical (unpaired) electrons. The number of primary amides is 1. The molecule has 0 spiro atoms. The van der Waals surface area contributed by atoms with Gasteiger partial charge in [0.1, 0.15) is 17.3 Å². The maximum atomic E-state index is 13.0. The van der Waals surface area contributed by atoms with E-state index in [-0.39, 0.29) is 17.9 Å². The van der Waals surface area contributed by atoms with E-state index in [2.05, 4.69) is 46.3 Å². The van der Waals surface area contributed by atoms with Crippen LogP contribution in [0.1, 0.15) is 48.4 Å². The molecule has 7 heteroatoms. The van der Waals surface area contributed by atoms with Crippen LogP contribution in [0.2, 0.25) is 0 Å². The highest BCUT2D eigenvalue weighted by Gasteiger charge is 2.30. The molecule has 0 atom stereocenters. The lowest BCUT2D eigenvalue weighted by Crippen LogP contribution is -2.25. The number of aromatic nitrogens is 2. The summed E-state index contributed by atoms with van der Waals surface area (Å²) < 4.78 is 1.58. The molecular formula is C31H29N5O2. The summed E-state index contributed by atoms with van der Waals surface area (Å²) >= 11 is 0. The van der Waals surface area contributed by atoms with Gasteiger partial charge in [-0.1, -0.05) is 30.3 Å². The fraction of sp³-hybridized carbons (Fsp3) is 0.290. The van der Waals surface area contributed by atoms with Gasteiger partial charge in [0.05, 0.1) is 17.6 Å². The van der Waals surface area contributed by atoms with Crippen molar-refractivity contribution in [2.75, 3.05) is 11.4 Å². The third-order valence-corrected chi connectivity index (χ3v) is 7.62. The fourth-order valence-electron chi connectivity index (χ4n) is 5.20. The van der Waals surface area contributed by atoms with Gasteiger partial charge in [0.15, 0.2) is 0 Å². The number of pyridine rings is 2. The Hall–Kier alpha value is -4.44. The van der Waals surface area contributed by atoms with Gasteiger partial charge >= 0.3 is 0 Å². The summed E-state index contributed by atoms with van der Waals surface area (Å²) in [6.07, 6.45) is 4.89. The Morgan fingerprint density at radius 1 is 1.08 bits per heavy atom. The third-order valence-electron chi connectivity index (χ3n) is 7.62. The Morgan fingerprint density at radius 2 is 1.84 bits per heavy atom. The van der Waals surface area contributed by atoms with E-state index in [9.17, 15) is 14.9 Å². The summed E-state index contributed by atoms with van der Waals surface area (Å²) in [4.78, 5) is 31.2. The number of nitriles is 1. The predicted molar refractivity (Wildman–Crippen MR) is 148 cm³/mol. The molecule has 2 aliphatic carbocycles. The number of hydrogen-bond donors (Lipinski definition) is 1. The highest BCUT2D eigenvalue weighted by Crippen LogP contribution is 2.46. The zero-order valence-electron chi connectivity index (χ0n) is 21.4. The molecule has 2 aliphatic rings. The number of nitrogens with two attached hydrogens (primary N) is 1. The quantitative estimate of drug-likeness (QED) is 0.367. The second-order valence-corrected chi connectivity index (χ2v) is 10.5. The van der Waals surface area contributed by atoms with Crippen LogP contribution >= 0.6 is 0 Å². The molecule has 0 unspecified atom stereocenters. The lowest BCUT2D eigenvalue weighted by molar-refractivity contribution is -0.117. The van der Waals surface area contributed by atoms with Gasteiger partial charge in [0.2, 0.25) is 5.91 Å². The molecule has 2 heterocycles. The highest BCUT2D eigenvalue weighted by atomic mass is 16.1. The first kappa shape index (κ1) is 23.9. The number of hydrogen-bond acceptors (Lipinski definition) is 5. The van der Waals surface area contributed by atoms with Crippen molar-refractivity contribution < 1.29 is 4.79 Å². The lowest BCUT2D eigenvalue weighted by Gasteiger charge is -2.27. The molecule has 2 aromatic heterocycles. The van der Waals surface area contributed by atoms with Gasteiger partial charge < -0.3 is 15.2 Å². The summed E-state index contributed by atoms with van der Waals surface area (Å²) in [5, 5.41) is 9.52. The number of aryl methyl sites for hydroxylation is 1. The standard InChI is InChI=1S/C31H29N5O2/c1-35-27-13-10-23(17-32)34-31(27)28(16-30(35)38)36(18-20-2-3-20)24-11-12-25(21-8-9-21)26(15-24)22-6-4-19(5-7-22)14-29(33)37/h4-7,10-13,15-16,20-21H,2-3,8-9,14,18H2,1H3,(H2,33,37). The summed E-state index contributed by atoms with van der Waals surface area (Å²) in [5.74, 6) is 0.752.